The summed E-state index contributed by atoms with van der Waals surface area (Å²) < 4.78 is 11.8. The van der Waals surface area contributed by atoms with Crippen molar-refractivity contribution in [3.63, 3.8) is 0 Å². The minimum Gasteiger partial charge on any atom is -0.489 e. The third kappa shape index (κ3) is 5.63. The number of piperidine rings is 1. The van der Waals surface area contributed by atoms with Crippen LogP contribution in [0.25, 0.3) is 10.9 Å². The van der Waals surface area contributed by atoms with Crippen LogP contribution in [0.15, 0.2) is 48.5 Å². The summed E-state index contributed by atoms with van der Waals surface area (Å²) in [7, 11) is 1.79. The molecule has 1 aliphatic carbocycles. The van der Waals surface area contributed by atoms with Crippen molar-refractivity contribution in [2.24, 2.45) is 5.92 Å². The highest BCUT2D eigenvalue weighted by Gasteiger charge is 2.39. The number of likely N-dealkylation sites (tertiary alicyclic amines) is 1. The van der Waals surface area contributed by atoms with Gasteiger partial charge in [-0.1, -0.05) is 18.6 Å². The lowest BCUT2D eigenvalue weighted by Gasteiger charge is -2.29. The summed E-state index contributed by atoms with van der Waals surface area (Å²) in [5, 5.41) is 3.53. The van der Waals surface area contributed by atoms with Crippen LogP contribution in [-0.2, 0) is 27.4 Å². The van der Waals surface area contributed by atoms with Crippen LogP contribution in [0.1, 0.15) is 71.6 Å². The average molecular weight is 583 g/mol. The van der Waals surface area contributed by atoms with Gasteiger partial charge in [0, 0.05) is 68.9 Å². The molecule has 43 heavy (non-hydrogen) atoms. The normalized spacial score (nSPS) is 25.9. The summed E-state index contributed by atoms with van der Waals surface area (Å²) in [6, 6.07) is 16.0. The molecule has 3 amide bonds. The Balaban J connectivity index is 0.957. The zero-order valence-corrected chi connectivity index (χ0v) is 24.6. The molecule has 4 heterocycles. The summed E-state index contributed by atoms with van der Waals surface area (Å²) in [4.78, 5) is 45.9. The number of ether oxygens (including phenoxy) is 2. The summed E-state index contributed by atoms with van der Waals surface area (Å²) in [5.74, 6) is 0.943. The minimum atomic E-state index is -0.612. The van der Waals surface area contributed by atoms with Crippen LogP contribution in [0.2, 0.25) is 0 Å². The zero-order chi connectivity index (χ0) is 29.5. The highest BCUT2D eigenvalue weighted by Crippen LogP contribution is 2.39. The molecule has 4 atom stereocenters. The number of nitrogens with zero attached hydrogens (tertiary/aromatic N) is 3. The number of benzene rings is 2. The van der Waals surface area contributed by atoms with Gasteiger partial charge >= 0.3 is 0 Å². The highest BCUT2D eigenvalue weighted by atomic mass is 16.5. The van der Waals surface area contributed by atoms with Crippen LogP contribution in [0.5, 0.6) is 5.75 Å². The molecule has 0 radical (unpaired) electrons. The Kier molecular flexibility index (Phi) is 7.61. The maximum Gasteiger partial charge on any atom is 0.255 e. The van der Waals surface area contributed by atoms with Gasteiger partial charge < -0.3 is 14.4 Å². The molecule has 9 heteroatoms. The van der Waals surface area contributed by atoms with Gasteiger partial charge in [-0.05, 0) is 79.1 Å². The van der Waals surface area contributed by atoms with Crippen molar-refractivity contribution < 1.29 is 23.9 Å². The predicted molar refractivity (Wildman–Crippen MR) is 160 cm³/mol. The Morgan fingerprint density at radius 2 is 1.91 bits per heavy atom. The van der Waals surface area contributed by atoms with E-state index in [1.165, 1.54) is 35.9 Å². The standard InChI is InChI=1S/C34H38N4O5/c1-42-20-23-3-2-4-27(23)30-10-6-22-15-21(5-9-29(22)35-30)17-37-14-13-26(19-37)43-25-7-8-28-24(16-25)18-38(34(28)41)31-11-12-32(39)36-33(31)40/h5-10,15-16,23,26-27,31H,2-4,11-14,17-20H2,1H3,(H,36,39,40)/t23-,26-,27-,31?/m0/s1. The number of carbonyl (C=O) groups is 3. The van der Waals surface area contributed by atoms with E-state index in [2.05, 4.69) is 40.5 Å². The lowest BCUT2D eigenvalue weighted by Crippen LogP contribution is -2.52. The summed E-state index contributed by atoms with van der Waals surface area (Å²) in [5.41, 5.74) is 4.97. The van der Waals surface area contributed by atoms with Gasteiger partial charge in [-0.2, -0.15) is 0 Å². The fourth-order valence-electron chi connectivity index (χ4n) is 7.45. The maximum atomic E-state index is 13.0. The van der Waals surface area contributed by atoms with E-state index < -0.39 is 11.9 Å². The van der Waals surface area contributed by atoms with E-state index in [0.717, 1.165) is 49.5 Å². The summed E-state index contributed by atoms with van der Waals surface area (Å²) >= 11 is 0. The highest BCUT2D eigenvalue weighted by molar-refractivity contribution is 6.05. The van der Waals surface area contributed by atoms with Crippen molar-refractivity contribution in [2.45, 2.75) is 69.7 Å². The van der Waals surface area contributed by atoms with Crippen molar-refractivity contribution >= 4 is 28.6 Å². The Morgan fingerprint density at radius 3 is 2.77 bits per heavy atom. The first-order valence-corrected chi connectivity index (χ1v) is 15.5. The lowest BCUT2D eigenvalue weighted by molar-refractivity contribution is -0.136. The number of fused-ring (bicyclic) bond motifs is 2. The second-order valence-corrected chi connectivity index (χ2v) is 12.5. The number of methoxy groups -OCH3 is 1. The van der Waals surface area contributed by atoms with Crippen LogP contribution >= 0.6 is 0 Å². The number of pyridine rings is 1. The summed E-state index contributed by atoms with van der Waals surface area (Å²) in [6.45, 7) is 3.79. The number of rotatable bonds is 8. The van der Waals surface area contributed by atoms with E-state index in [9.17, 15) is 14.4 Å². The smallest absolute Gasteiger partial charge is 0.255 e. The number of hydrogen-bond acceptors (Lipinski definition) is 7. The lowest BCUT2D eigenvalue weighted by atomic mass is 9.92. The molecular formula is C34H38N4O5. The first-order chi connectivity index (χ1) is 20.9. The molecule has 3 aliphatic heterocycles. The molecule has 1 saturated carbocycles. The van der Waals surface area contributed by atoms with Crippen molar-refractivity contribution in [1.29, 1.82) is 0 Å². The van der Waals surface area contributed by atoms with Crippen LogP contribution < -0.4 is 10.1 Å². The van der Waals surface area contributed by atoms with Gasteiger partial charge in [0.2, 0.25) is 11.8 Å². The quantitative estimate of drug-likeness (QED) is 0.398. The zero-order valence-electron chi connectivity index (χ0n) is 24.6. The van der Waals surface area contributed by atoms with Gasteiger partial charge in [-0.3, -0.25) is 29.6 Å². The van der Waals surface area contributed by atoms with Crippen molar-refractivity contribution in [3.8, 4) is 5.75 Å². The molecule has 4 aliphatic rings. The molecule has 2 saturated heterocycles. The van der Waals surface area contributed by atoms with E-state index in [1.54, 1.807) is 18.1 Å². The van der Waals surface area contributed by atoms with E-state index in [-0.39, 0.29) is 24.3 Å². The van der Waals surface area contributed by atoms with E-state index in [0.29, 0.717) is 30.4 Å². The Bertz CT molecular complexity index is 1570. The van der Waals surface area contributed by atoms with E-state index >= 15 is 0 Å². The molecule has 3 fully saturated rings. The SMILES string of the molecule is COC[C@@H]1CCC[C@@H]1c1ccc2cc(CN3CC[C@H](Oc4ccc5c(c4)CN(C4CCC(=O)NC4=O)C5=O)C3)ccc2n1. The molecule has 1 unspecified atom stereocenters. The van der Waals surface area contributed by atoms with Crippen molar-refractivity contribution in [3.05, 3.63) is 70.9 Å². The minimum absolute atomic E-state index is 0.0672. The molecule has 0 spiro atoms. The molecular weight excluding hydrogens is 544 g/mol. The van der Waals surface area contributed by atoms with Gasteiger partial charge in [0.15, 0.2) is 0 Å². The number of carbonyl (C=O) groups excluding carboxylic acids is 3. The Hall–Kier alpha value is -3.82. The first kappa shape index (κ1) is 28.0. The fraction of sp³-hybridized carbons (Fsp3) is 0.471. The molecule has 9 nitrogen and oxygen atoms in total. The first-order valence-electron chi connectivity index (χ1n) is 15.5. The van der Waals surface area contributed by atoms with Gasteiger partial charge in [-0.15, -0.1) is 0 Å². The van der Waals surface area contributed by atoms with Gasteiger partial charge in [0.05, 0.1) is 5.52 Å². The molecule has 7 rings (SSSR count). The number of amides is 3. The van der Waals surface area contributed by atoms with Gasteiger partial charge in [0.25, 0.3) is 5.91 Å². The van der Waals surface area contributed by atoms with Crippen molar-refractivity contribution in [2.75, 3.05) is 26.8 Å². The molecule has 1 aromatic heterocycles. The van der Waals surface area contributed by atoms with E-state index in [4.69, 9.17) is 14.5 Å². The molecule has 0 bridgehead atoms. The van der Waals surface area contributed by atoms with Crippen LogP contribution in [-0.4, -0.2) is 71.5 Å². The molecule has 2 aromatic carbocycles. The number of aromatic nitrogens is 1. The molecule has 3 aromatic rings. The maximum absolute atomic E-state index is 13.0. The second kappa shape index (κ2) is 11.7. The van der Waals surface area contributed by atoms with Crippen LogP contribution in [0.3, 0.4) is 0 Å². The molecule has 224 valence electrons. The molecule has 1 N–H and O–H groups in total. The topological polar surface area (TPSA) is 101 Å². The Labute approximate surface area is 251 Å². The Morgan fingerprint density at radius 1 is 1.00 bits per heavy atom. The predicted octanol–water partition coefficient (Wildman–Crippen LogP) is 4.18. The van der Waals surface area contributed by atoms with Gasteiger partial charge in [0.1, 0.15) is 17.9 Å². The monoisotopic (exact) mass is 582 g/mol. The third-order valence-corrected chi connectivity index (χ3v) is 9.63. The number of imide groups is 1. The number of nitrogens with one attached hydrogen (secondary N) is 1. The fourth-order valence-corrected chi connectivity index (χ4v) is 7.45. The second-order valence-electron chi connectivity index (χ2n) is 12.5. The third-order valence-electron chi connectivity index (χ3n) is 9.63. The largest absolute Gasteiger partial charge is 0.489 e. The van der Waals surface area contributed by atoms with Gasteiger partial charge in [-0.25, -0.2) is 0 Å². The number of hydrogen-bond donors (Lipinski definition) is 1. The van der Waals surface area contributed by atoms with Crippen molar-refractivity contribution in [1.82, 2.24) is 20.1 Å². The van der Waals surface area contributed by atoms with Crippen LogP contribution in [0.4, 0.5) is 0 Å². The summed E-state index contributed by atoms with van der Waals surface area (Å²) in [6.07, 6.45) is 5.25. The average Bonchev–Trinajstić information content (AvgIpc) is 3.72. The van der Waals surface area contributed by atoms with Crippen LogP contribution in [0, 0.1) is 5.92 Å². The van der Waals surface area contributed by atoms with E-state index in [1.807, 2.05) is 12.1 Å².